The number of benzene rings is 2. The lowest BCUT2D eigenvalue weighted by Crippen LogP contribution is -2.68. The van der Waals surface area contributed by atoms with Crippen LogP contribution in [0.15, 0.2) is 88.4 Å². The molecule has 4 aromatic rings. The fraction of sp³-hybridized carbons (Fsp3) is 0. The van der Waals surface area contributed by atoms with Crippen LogP contribution in [0.2, 0.25) is 0 Å². The van der Waals surface area contributed by atoms with E-state index in [-0.39, 0.29) is 5.75 Å². The molecule has 0 aliphatic carbocycles. The molecule has 0 atom stereocenters. The lowest BCUT2D eigenvalue weighted by molar-refractivity contribution is -2.00. The topological polar surface area (TPSA) is 152 Å². The van der Waals surface area contributed by atoms with Crippen molar-refractivity contribution in [3.63, 3.8) is 0 Å². The van der Waals surface area contributed by atoms with Crippen molar-refractivity contribution in [3.8, 4) is 17.1 Å². The molecule has 2 aromatic carbocycles. The van der Waals surface area contributed by atoms with Crippen LogP contribution in [0.1, 0.15) is 0 Å². The minimum Gasteiger partial charge on any atom is -0.508 e. The second-order valence-electron chi connectivity index (χ2n) is 5.78. The lowest BCUT2D eigenvalue weighted by atomic mass is 10.1. The van der Waals surface area contributed by atoms with Crippen LogP contribution in [-0.4, -0.2) is 5.11 Å². The van der Waals surface area contributed by atoms with Crippen molar-refractivity contribution in [1.82, 2.24) is 0 Å². The Hall–Kier alpha value is -3.27. The van der Waals surface area contributed by atoms with Crippen LogP contribution in [0, 0.1) is 10.2 Å². The number of rotatable bonds is 2. The van der Waals surface area contributed by atoms with Gasteiger partial charge in [0.05, 0.1) is 11.6 Å². The number of fused-ring (bicyclic) bond motifs is 1. The summed E-state index contributed by atoms with van der Waals surface area (Å²) in [5.74, 6) is 1.63. The third-order valence-electron chi connectivity index (χ3n) is 3.72. The zero-order valence-corrected chi connectivity index (χ0v) is 15.6. The number of aromatic amines is 1. The summed E-state index contributed by atoms with van der Waals surface area (Å²) in [6.45, 7) is 0. The quantitative estimate of drug-likeness (QED) is 0.448. The molecule has 0 radical (unpaired) electrons. The maximum absolute atomic E-state index is 9.82. The Labute approximate surface area is 167 Å². The van der Waals surface area contributed by atoms with Gasteiger partial charge in [-0.3, -0.25) is 0 Å². The molecule has 148 valence electrons. The number of aromatic hydroxyl groups is 1. The minimum absolute atomic E-state index is 0.179. The van der Waals surface area contributed by atoms with Crippen LogP contribution in [0.5, 0.6) is 5.75 Å². The highest BCUT2D eigenvalue weighted by atomic mass is 35.7. The van der Waals surface area contributed by atoms with Gasteiger partial charge < -0.3 is 9.52 Å². The van der Waals surface area contributed by atoms with E-state index in [0.29, 0.717) is 5.58 Å². The molecule has 2 heterocycles. The van der Waals surface area contributed by atoms with Crippen molar-refractivity contribution in [1.29, 1.82) is 0 Å². The van der Waals surface area contributed by atoms with Gasteiger partial charge in [-0.1, -0.05) is 36.4 Å². The van der Waals surface area contributed by atoms with Gasteiger partial charge in [-0.05, 0) is 29.3 Å². The summed E-state index contributed by atoms with van der Waals surface area (Å²) >= 11 is 0. The highest BCUT2D eigenvalue weighted by Crippen LogP contribution is 2.24. The number of phenolic OH excluding ortho intramolecular Hbond substituents is 1. The molecule has 9 heteroatoms. The lowest BCUT2D eigenvalue weighted by Gasteiger charge is -2.17. The predicted molar refractivity (Wildman–Crippen MR) is 91.5 cm³/mol. The van der Waals surface area contributed by atoms with Gasteiger partial charge >= 0.3 is 5.82 Å². The molecule has 2 aromatic heterocycles. The number of hydrogen-bond donors (Lipinski definition) is 1. The molecule has 8 nitrogen and oxygen atoms in total. The monoisotopic (exact) mass is 414 g/mol. The average Bonchev–Trinajstić information content (AvgIpc) is 2.68. The molecular weight excluding hydrogens is 400 g/mol. The molecule has 0 fully saturated rings. The maximum atomic E-state index is 9.82. The van der Waals surface area contributed by atoms with Gasteiger partial charge in [0.1, 0.15) is 17.1 Å². The molecule has 0 unspecified atom stereocenters. The number of nitrogens with one attached hydrogen (secondary N) is 1. The first-order valence-corrected chi connectivity index (χ1v) is 9.48. The smallest absolute Gasteiger partial charge is 0.321 e. The Balaban J connectivity index is 0.000000431. The van der Waals surface area contributed by atoms with Crippen molar-refractivity contribution >= 4 is 16.8 Å². The van der Waals surface area contributed by atoms with Crippen LogP contribution in [0.4, 0.5) is 5.82 Å². The third kappa shape index (κ3) is 6.11. The van der Waals surface area contributed by atoms with E-state index < -0.39 is 10.2 Å². The van der Waals surface area contributed by atoms with Crippen LogP contribution in [0.3, 0.4) is 0 Å². The largest absolute Gasteiger partial charge is 0.508 e. The molecule has 0 spiro atoms. The Morgan fingerprint density at radius 2 is 1.55 bits per heavy atom. The fourth-order valence-electron chi connectivity index (χ4n) is 2.58. The van der Waals surface area contributed by atoms with Gasteiger partial charge in [-0.25, -0.2) is 23.6 Å². The normalized spacial score (nSPS) is 11.8. The molecule has 0 amide bonds. The molecule has 0 aliphatic heterocycles. The molecular formula is C20H15ClN2O6. The summed E-state index contributed by atoms with van der Waals surface area (Å²) in [7, 11) is -4.94. The minimum atomic E-state index is -4.94. The highest BCUT2D eigenvalue weighted by Gasteiger charge is 2.10. The van der Waals surface area contributed by atoms with Gasteiger partial charge in [0, 0.05) is 17.7 Å². The van der Waals surface area contributed by atoms with Crippen molar-refractivity contribution in [3.05, 3.63) is 84.4 Å². The molecule has 29 heavy (non-hydrogen) atoms. The molecule has 0 saturated heterocycles. The number of halogens is 1. The summed E-state index contributed by atoms with van der Waals surface area (Å²) in [5, 5.41) is 11.3. The second-order valence-corrected chi connectivity index (χ2v) is 6.54. The second kappa shape index (κ2) is 8.82. The summed E-state index contributed by atoms with van der Waals surface area (Å²) in [6, 6.07) is 22.5. The highest BCUT2D eigenvalue weighted by molar-refractivity contribution is 5.80. The molecule has 0 aliphatic rings. The first-order valence-electron chi connectivity index (χ1n) is 8.25. The number of pyridine rings is 1. The van der Waals surface area contributed by atoms with Crippen LogP contribution in [-0.2, 0) is 0 Å². The number of hydrogen-bond acceptors (Lipinski definition) is 7. The maximum Gasteiger partial charge on any atom is 0.321 e. The predicted octanol–water partition coefficient (Wildman–Crippen LogP) is -0.904. The van der Waals surface area contributed by atoms with E-state index >= 15 is 0 Å². The Morgan fingerprint density at radius 1 is 0.862 bits per heavy atom. The summed E-state index contributed by atoms with van der Waals surface area (Å²) in [5.41, 5.74) is 1.64. The first kappa shape index (κ1) is 20.5. The number of phenols is 1. The van der Waals surface area contributed by atoms with E-state index in [9.17, 15) is 5.11 Å². The van der Waals surface area contributed by atoms with Crippen LogP contribution in [0.25, 0.3) is 22.3 Å². The van der Waals surface area contributed by atoms with E-state index in [4.69, 9.17) is 23.1 Å². The fourth-order valence-corrected chi connectivity index (χ4v) is 2.58. The van der Waals surface area contributed by atoms with E-state index in [1.807, 2.05) is 60.8 Å². The molecule has 2 N–H and O–H groups in total. The Bertz CT molecular complexity index is 1150. The summed E-state index contributed by atoms with van der Waals surface area (Å²) in [6.07, 6.45) is 1.82. The van der Waals surface area contributed by atoms with E-state index in [1.54, 1.807) is 18.2 Å². The zero-order chi connectivity index (χ0) is 20.9. The van der Waals surface area contributed by atoms with Crippen LogP contribution >= 0.6 is 0 Å². The molecule has 4 rings (SSSR count). The van der Waals surface area contributed by atoms with E-state index in [0.717, 1.165) is 27.9 Å². The zero-order valence-electron chi connectivity index (χ0n) is 14.8. The summed E-state index contributed by atoms with van der Waals surface area (Å²) in [4.78, 5) is 7.77. The van der Waals surface area contributed by atoms with Crippen molar-refractivity contribution in [2.45, 2.75) is 0 Å². The molecule has 0 bridgehead atoms. The van der Waals surface area contributed by atoms with Gasteiger partial charge in [0.2, 0.25) is 0 Å². The number of nitrogens with zero attached hydrogens (tertiary/aromatic N) is 1. The van der Waals surface area contributed by atoms with E-state index in [2.05, 4.69) is 9.98 Å². The Kier molecular flexibility index (Phi) is 6.23. The first-order chi connectivity index (χ1) is 13.8. The van der Waals surface area contributed by atoms with Crippen LogP contribution < -0.4 is 29.0 Å². The van der Waals surface area contributed by atoms with Gasteiger partial charge in [-0.2, -0.15) is 0 Å². The summed E-state index contributed by atoms with van der Waals surface area (Å²) < 4.78 is 40.0. The Morgan fingerprint density at radius 3 is 2.21 bits per heavy atom. The van der Waals surface area contributed by atoms with Gasteiger partial charge in [0.15, 0.2) is 5.36 Å². The van der Waals surface area contributed by atoms with Gasteiger partial charge in [-0.15, -0.1) is 10.2 Å². The van der Waals surface area contributed by atoms with E-state index in [1.165, 1.54) is 0 Å². The van der Waals surface area contributed by atoms with Crippen molar-refractivity contribution in [2.24, 2.45) is 4.99 Å². The van der Waals surface area contributed by atoms with Crippen molar-refractivity contribution in [2.75, 3.05) is 0 Å². The number of aromatic nitrogens is 1. The number of H-pyrrole nitrogens is 1. The molecule has 0 saturated carbocycles. The average molecular weight is 415 g/mol. The van der Waals surface area contributed by atoms with Gasteiger partial charge in [0.25, 0.3) is 0 Å². The standard InChI is InChI=1S/C20H14N2O2.ClHO4/c23-15-9-10-18-16(12-15)17(22-20-8-4-5-11-21-20)13-19(24-18)14-6-2-1-3-7-14;2-1(3,4)5/h1-13,23H;(H,2,3,4,5)/b22-17+;. The SMILES string of the molecule is Oc1ccc2oc(-c3ccccc3)c/c(=N\c3cccc[nH+]3)c2c1.[O-][Cl+3]([O-])([O-])[O-]. The van der Waals surface area contributed by atoms with Crippen molar-refractivity contribution < 1.29 is 43.4 Å². The third-order valence-corrected chi connectivity index (χ3v) is 3.72.